The highest BCUT2D eigenvalue weighted by Gasteiger charge is 2.48. The summed E-state index contributed by atoms with van der Waals surface area (Å²) in [6.07, 6.45) is 3.00. The van der Waals surface area contributed by atoms with E-state index in [0.29, 0.717) is 43.1 Å². The number of halogens is 1. The molecule has 31 heavy (non-hydrogen) atoms. The van der Waals surface area contributed by atoms with Crippen LogP contribution in [0.1, 0.15) is 43.7 Å². The van der Waals surface area contributed by atoms with Crippen LogP contribution in [0, 0.1) is 5.82 Å². The fourth-order valence-corrected chi connectivity index (χ4v) is 5.03. The number of primary amides is 1. The summed E-state index contributed by atoms with van der Waals surface area (Å²) in [4.78, 5) is 13.4. The van der Waals surface area contributed by atoms with Gasteiger partial charge < -0.3 is 20.3 Å². The Labute approximate surface area is 181 Å². The molecule has 2 heterocycles. The number of carbonyl (C=O) groups excluding carboxylic acids is 1. The number of piperidine rings is 1. The SMILES string of the molecule is CCOc1cc(CN2[C@H]3CC[C@H]2CC(O)(c2ccccc2F)C3)ccc1OCC(N)=O. The molecule has 1 amide bonds. The predicted octanol–water partition coefficient (Wildman–Crippen LogP) is 3.10. The van der Waals surface area contributed by atoms with E-state index < -0.39 is 11.5 Å². The minimum absolute atomic E-state index is 0.185. The fraction of sp³-hybridized carbons (Fsp3) is 0.458. The minimum Gasteiger partial charge on any atom is -0.490 e. The number of hydrogen-bond acceptors (Lipinski definition) is 5. The quantitative estimate of drug-likeness (QED) is 0.675. The molecule has 2 aromatic rings. The molecule has 6 nitrogen and oxygen atoms in total. The smallest absolute Gasteiger partial charge is 0.255 e. The van der Waals surface area contributed by atoms with E-state index in [9.17, 15) is 14.3 Å². The zero-order valence-corrected chi connectivity index (χ0v) is 17.7. The van der Waals surface area contributed by atoms with Crippen LogP contribution in [0.2, 0.25) is 0 Å². The average Bonchev–Trinajstić information content (AvgIpc) is 2.97. The van der Waals surface area contributed by atoms with E-state index in [1.54, 1.807) is 24.3 Å². The first-order valence-corrected chi connectivity index (χ1v) is 10.8. The van der Waals surface area contributed by atoms with Gasteiger partial charge in [-0.1, -0.05) is 24.3 Å². The lowest BCUT2D eigenvalue weighted by Crippen LogP contribution is -2.49. The van der Waals surface area contributed by atoms with Crippen LogP contribution < -0.4 is 15.2 Å². The molecule has 2 aromatic carbocycles. The Balaban J connectivity index is 1.50. The van der Waals surface area contributed by atoms with E-state index in [2.05, 4.69) is 4.90 Å². The van der Waals surface area contributed by atoms with E-state index in [1.807, 2.05) is 19.1 Å². The zero-order valence-electron chi connectivity index (χ0n) is 17.7. The number of ether oxygens (including phenoxy) is 2. The summed E-state index contributed by atoms with van der Waals surface area (Å²) < 4.78 is 25.5. The van der Waals surface area contributed by atoms with Gasteiger partial charge in [0.25, 0.3) is 5.91 Å². The van der Waals surface area contributed by atoms with Crippen LogP contribution >= 0.6 is 0 Å². The maximum absolute atomic E-state index is 14.4. The Hall–Kier alpha value is -2.64. The summed E-state index contributed by atoms with van der Waals surface area (Å²) in [5.41, 5.74) is 5.51. The number of carbonyl (C=O) groups is 1. The van der Waals surface area contributed by atoms with E-state index in [-0.39, 0.29) is 24.5 Å². The van der Waals surface area contributed by atoms with Crippen molar-refractivity contribution in [1.29, 1.82) is 0 Å². The Morgan fingerprint density at radius 1 is 1.16 bits per heavy atom. The highest BCUT2D eigenvalue weighted by Crippen LogP contribution is 2.47. The predicted molar refractivity (Wildman–Crippen MR) is 114 cm³/mol. The van der Waals surface area contributed by atoms with Crippen molar-refractivity contribution in [2.24, 2.45) is 5.73 Å². The van der Waals surface area contributed by atoms with Gasteiger partial charge in [-0.3, -0.25) is 9.69 Å². The summed E-state index contributed by atoms with van der Waals surface area (Å²) in [7, 11) is 0. The molecule has 2 aliphatic heterocycles. The standard InChI is InChI=1S/C24H29FN2O4/c1-2-30-22-11-16(7-10-21(22)31-15-23(26)28)14-27-17-8-9-18(27)13-24(29,12-17)19-5-3-4-6-20(19)25/h3-7,10-11,17-18,29H,2,8-9,12-15H2,1H3,(H2,26,28)/t17-,18-/m0/s1. The Kier molecular flexibility index (Phi) is 6.16. The highest BCUT2D eigenvalue weighted by atomic mass is 19.1. The van der Waals surface area contributed by atoms with Crippen molar-refractivity contribution in [3.05, 3.63) is 59.4 Å². The highest BCUT2D eigenvalue weighted by molar-refractivity contribution is 5.75. The first-order chi connectivity index (χ1) is 14.9. The molecular formula is C24H29FN2O4. The molecule has 3 N–H and O–H groups in total. The normalized spacial score (nSPS) is 25.4. The number of nitrogens with zero attached hydrogens (tertiary/aromatic N) is 1. The number of fused-ring (bicyclic) bond motifs is 2. The van der Waals surface area contributed by atoms with E-state index >= 15 is 0 Å². The molecule has 4 rings (SSSR count). The van der Waals surface area contributed by atoms with Crippen LogP contribution in [0.15, 0.2) is 42.5 Å². The van der Waals surface area contributed by atoms with Crippen molar-refractivity contribution in [1.82, 2.24) is 4.90 Å². The lowest BCUT2D eigenvalue weighted by Gasteiger charge is -2.44. The summed E-state index contributed by atoms with van der Waals surface area (Å²) in [6, 6.07) is 12.6. The first kappa shape index (κ1) is 21.6. The van der Waals surface area contributed by atoms with Crippen molar-refractivity contribution in [3.8, 4) is 11.5 Å². The molecule has 0 saturated carbocycles. The van der Waals surface area contributed by atoms with Crippen LogP contribution in [0.4, 0.5) is 4.39 Å². The molecule has 0 aromatic heterocycles. The lowest BCUT2D eigenvalue weighted by molar-refractivity contribution is -0.119. The van der Waals surface area contributed by atoms with Gasteiger partial charge in [-0.2, -0.15) is 0 Å². The van der Waals surface area contributed by atoms with Gasteiger partial charge in [-0.25, -0.2) is 4.39 Å². The van der Waals surface area contributed by atoms with Gasteiger partial charge in [-0.05, 0) is 56.4 Å². The second kappa shape index (κ2) is 8.85. The lowest BCUT2D eigenvalue weighted by atomic mass is 9.80. The monoisotopic (exact) mass is 428 g/mol. The van der Waals surface area contributed by atoms with Crippen molar-refractivity contribution >= 4 is 5.91 Å². The van der Waals surface area contributed by atoms with Gasteiger partial charge in [0.15, 0.2) is 18.1 Å². The third kappa shape index (κ3) is 4.52. The Morgan fingerprint density at radius 2 is 1.87 bits per heavy atom. The molecule has 166 valence electrons. The number of aliphatic hydroxyl groups is 1. The summed E-state index contributed by atoms with van der Waals surface area (Å²) in [5.74, 6) is 0.179. The minimum atomic E-state index is -1.13. The van der Waals surface area contributed by atoms with Crippen LogP contribution in [0.3, 0.4) is 0 Å². The maximum atomic E-state index is 14.4. The van der Waals surface area contributed by atoms with Gasteiger partial charge in [0.05, 0.1) is 12.2 Å². The topological polar surface area (TPSA) is 85.0 Å². The third-order valence-electron chi connectivity index (χ3n) is 6.34. The first-order valence-electron chi connectivity index (χ1n) is 10.8. The van der Waals surface area contributed by atoms with Gasteiger partial charge in [-0.15, -0.1) is 0 Å². The van der Waals surface area contributed by atoms with Gasteiger partial charge in [0.1, 0.15) is 5.82 Å². The largest absolute Gasteiger partial charge is 0.490 e. The van der Waals surface area contributed by atoms with Crippen LogP contribution in [0.5, 0.6) is 11.5 Å². The number of benzene rings is 2. The van der Waals surface area contributed by atoms with Gasteiger partial charge >= 0.3 is 0 Å². The second-order valence-corrected chi connectivity index (χ2v) is 8.45. The molecule has 2 bridgehead atoms. The molecule has 2 saturated heterocycles. The molecule has 0 radical (unpaired) electrons. The summed E-state index contributed by atoms with van der Waals surface area (Å²) in [5, 5.41) is 11.3. The van der Waals surface area contributed by atoms with E-state index in [0.717, 1.165) is 18.4 Å². The number of hydrogen-bond donors (Lipinski definition) is 2. The summed E-state index contributed by atoms with van der Waals surface area (Å²) >= 11 is 0. The van der Waals surface area contributed by atoms with Crippen molar-refractivity contribution in [3.63, 3.8) is 0 Å². The van der Waals surface area contributed by atoms with Crippen molar-refractivity contribution in [2.45, 2.75) is 56.8 Å². The van der Waals surface area contributed by atoms with Crippen molar-refractivity contribution < 1.29 is 23.8 Å². The number of amides is 1. The number of nitrogens with two attached hydrogens (primary N) is 1. The molecule has 7 heteroatoms. The van der Waals surface area contributed by atoms with Crippen molar-refractivity contribution in [2.75, 3.05) is 13.2 Å². The Morgan fingerprint density at radius 3 is 2.52 bits per heavy atom. The van der Waals surface area contributed by atoms with Gasteiger partial charge in [0.2, 0.25) is 0 Å². The second-order valence-electron chi connectivity index (χ2n) is 8.45. The zero-order chi connectivity index (χ0) is 22.0. The van der Waals surface area contributed by atoms with Gasteiger partial charge in [0, 0.05) is 24.2 Å². The third-order valence-corrected chi connectivity index (χ3v) is 6.34. The molecule has 0 aliphatic carbocycles. The van der Waals surface area contributed by atoms with Crippen LogP contribution in [0.25, 0.3) is 0 Å². The molecular weight excluding hydrogens is 399 g/mol. The Bertz CT molecular complexity index is 937. The van der Waals surface area contributed by atoms with Crippen LogP contribution in [-0.4, -0.2) is 41.2 Å². The molecule has 2 fully saturated rings. The molecule has 2 atom stereocenters. The van der Waals surface area contributed by atoms with E-state index in [4.69, 9.17) is 15.2 Å². The molecule has 2 aliphatic rings. The molecule has 0 unspecified atom stereocenters. The molecule has 0 spiro atoms. The van der Waals surface area contributed by atoms with Crippen LogP contribution in [-0.2, 0) is 16.9 Å². The summed E-state index contributed by atoms with van der Waals surface area (Å²) in [6.45, 7) is 2.86. The average molecular weight is 429 g/mol. The van der Waals surface area contributed by atoms with E-state index in [1.165, 1.54) is 6.07 Å². The maximum Gasteiger partial charge on any atom is 0.255 e. The number of rotatable bonds is 8. The fourth-order valence-electron chi connectivity index (χ4n) is 5.03.